The minimum Gasteiger partial charge on any atom is -0.299 e. The third-order valence-electron chi connectivity index (χ3n) is 5.07. The van der Waals surface area contributed by atoms with Crippen molar-refractivity contribution in [2.45, 2.75) is 37.2 Å². The minimum atomic E-state index is 0.207. The summed E-state index contributed by atoms with van der Waals surface area (Å²) in [5, 5.41) is 5.26. The standard InChI is InChI=1S/C18H17Cl2N.C7H8S/c1-12-5-10-17(13-6-8-15(19)9-7-13)21-18(12)14-3-2-4-16(20)11-14;1-6-4-2-3-5-7(6)8/h2-9,11,17-18,21H,10H2,1H3;2-5,8H,1H3/t17?,18-;/m1./s1. The highest BCUT2D eigenvalue weighted by atomic mass is 35.5. The van der Waals surface area contributed by atoms with Crippen LogP contribution in [0.2, 0.25) is 10.0 Å². The Bertz CT molecular complexity index is 961. The van der Waals surface area contributed by atoms with E-state index in [0.717, 1.165) is 21.4 Å². The summed E-state index contributed by atoms with van der Waals surface area (Å²) in [4.78, 5) is 1.06. The molecule has 0 fully saturated rings. The average molecular weight is 442 g/mol. The van der Waals surface area contributed by atoms with Gasteiger partial charge in [0, 0.05) is 21.0 Å². The lowest BCUT2D eigenvalue weighted by Crippen LogP contribution is -2.30. The molecule has 3 aromatic rings. The number of halogens is 2. The number of hydrogen-bond donors (Lipinski definition) is 2. The smallest absolute Gasteiger partial charge is 0.0538 e. The summed E-state index contributed by atoms with van der Waals surface area (Å²) in [5.74, 6) is 0. The van der Waals surface area contributed by atoms with Crippen LogP contribution < -0.4 is 5.32 Å². The molecule has 0 saturated heterocycles. The second kappa shape index (κ2) is 10.4. The second-order valence-electron chi connectivity index (χ2n) is 7.23. The van der Waals surface area contributed by atoms with Gasteiger partial charge < -0.3 is 0 Å². The van der Waals surface area contributed by atoms with Crippen LogP contribution in [0.15, 0.2) is 89.3 Å². The van der Waals surface area contributed by atoms with Crippen LogP contribution in [0.3, 0.4) is 0 Å². The van der Waals surface area contributed by atoms with Gasteiger partial charge in [-0.2, -0.15) is 0 Å². The molecule has 0 bridgehead atoms. The molecule has 0 aromatic heterocycles. The molecule has 3 aromatic carbocycles. The fraction of sp³-hybridized carbons (Fsp3) is 0.200. The maximum Gasteiger partial charge on any atom is 0.0538 e. The lowest BCUT2D eigenvalue weighted by atomic mass is 9.90. The van der Waals surface area contributed by atoms with Crippen LogP contribution in [0.5, 0.6) is 0 Å². The Morgan fingerprint density at radius 2 is 1.55 bits per heavy atom. The van der Waals surface area contributed by atoms with Crippen molar-refractivity contribution in [3.05, 3.63) is 111 Å². The molecular weight excluding hydrogens is 417 g/mol. The zero-order valence-electron chi connectivity index (χ0n) is 16.6. The highest BCUT2D eigenvalue weighted by Crippen LogP contribution is 2.33. The molecule has 1 nitrogen and oxygen atoms in total. The lowest BCUT2D eigenvalue weighted by molar-refractivity contribution is 0.458. The van der Waals surface area contributed by atoms with Gasteiger partial charge in [-0.1, -0.05) is 77.3 Å². The molecule has 1 unspecified atom stereocenters. The average Bonchev–Trinajstić information content (AvgIpc) is 2.72. The normalized spacial score (nSPS) is 18.4. The molecule has 0 aliphatic carbocycles. The Hall–Kier alpha value is -1.71. The van der Waals surface area contributed by atoms with Gasteiger partial charge >= 0.3 is 0 Å². The van der Waals surface area contributed by atoms with Crippen molar-refractivity contribution in [2.75, 3.05) is 0 Å². The Labute approximate surface area is 189 Å². The van der Waals surface area contributed by atoms with Gasteiger partial charge in [0.1, 0.15) is 0 Å². The molecule has 0 saturated carbocycles. The van der Waals surface area contributed by atoms with Gasteiger partial charge in [-0.25, -0.2) is 0 Å². The number of hydrogen-bond acceptors (Lipinski definition) is 2. The van der Waals surface area contributed by atoms with Gasteiger partial charge in [0.05, 0.1) is 6.04 Å². The van der Waals surface area contributed by atoms with Gasteiger partial charge in [0.25, 0.3) is 0 Å². The number of nitrogens with one attached hydrogen (secondary N) is 1. The van der Waals surface area contributed by atoms with Crippen molar-refractivity contribution in [1.82, 2.24) is 5.32 Å². The van der Waals surface area contributed by atoms with Crippen LogP contribution in [-0.2, 0) is 0 Å². The summed E-state index contributed by atoms with van der Waals surface area (Å²) < 4.78 is 0. The van der Waals surface area contributed by atoms with Crippen molar-refractivity contribution < 1.29 is 0 Å². The monoisotopic (exact) mass is 441 g/mol. The van der Waals surface area contributed by atoms with Crippen LogP contribution in [-0.4, -0.2) is 0 Å². The van der Waals surface area contributed by atoms with E-state index in [4.69, 9.17) is 23.2 Å². The summed E-state index contributed by atoms with van der Waals surface area (Å²) in [7, 11) is 0. The van der Waals surface area contributed by atoms with E-state index in [1.807, 2.05) is 61.5 Å². The zero-order valence-corrected chi connectivity index (χ0v) is 19.0. The van der Waals surface area contributed by atoms with Crippen molar-refractivity contribution in [3.63, 3.8) is 0 Å². The molecule has 150 valence electrons. The van der Waals surface area contributed by atoms with E-state index < -0.39 is 0 Å². The highest BCUT2D eigenvalue weighted by molar-refractivity contribution is 7.80. The quantitative estimate of drug-likeness (QED) is 0.303. The second-order valence-corrected chi connectivity index (χ2v) is 8.58. The fourth-order valence-corrected chi connectivity index (χ4v) is 3.84. The molecule has 1 heterocycles. The largest absolute Gasteiger partial charge is 0.299 e. The molecule has 4 heteroatoms. The van der Waals surface area contributed by atoms with Crippen LogP contribution >= 0.6 is 35.8 Å². The molecule has 1 aliphatic heterocycles. The van der Waals surface area contributed by atoms with E-state index in [1.165, 1.54) is 22.3 Å². The summed E-state index contributed by atoms with van der Waals surface area (Å²) in [6, 6.07) is 24.6. The van der Waals surface area contributed by atoms with Crippen molar-refractivity contribution in [2.24, 2.45) is 0 Å². The van der Waals surface area contributed by atoms with E-state index in [2.05, 4.69) is 49.1 Å². The third-order valence-corrected chi connectivity index (χ3v) is 6.06. The molecule has 1 N–H and O–H groups in total. The Morgan fingerprint density at radius 1 is 0.828 bits per heavy atom. The van der Waals surface area contributed by atoms with Crippen molar-refractivity contribution in [1.29, 1.82) is 0 Å². The van der Waals surface area contributed by atoms with E-state index in [-0.39, 0.29) is 6.04 Å². The summed E-state index contributed by atoms with van der Waals surface area (Å²) in [5.41, 5.74) is 5.03. The Kier molecular flexibility index (Phi) is 7.85. The van der Waals surface area contributed by atoms with Gasteiger partial charge in [0.2, 0.25) is 0 Å². The molecular formula is C25H25Cl2NS. The van der Waals surface area contributed by atoms with Crippen LogP contribution in [0.25, 0.3) is 0 Å². The van der Waals surface area contributed by atoms with Crippen molar-refractivity contribution in [3.8, 4) is 0 Å². The van der Waals surface area contributed by atoms with Crippen LogP contribution in [0, 0.1) is 6.92 Å². The SMILES string of the molecule is CC1=CCC(c2ccc(Cl)cc2)N[C@H]1c1cccc(Cl)c1.Cc1ccccc1S. The van der Waals surface area contributed by atoms with Gasteiger partial charge in [-0.3, -0.25) is 5.32 Å². The third kappa shape index (κ3) is 6.13. The Morgan fingerprint density at radius 3 is 2.17 bits per heavy atom. The maximum atomic E-state index is 6.12. The first-order chi connectivity index (χ1) is 13.9. The number of aryl methyl sites for hydroxylation is 1. The Balaban J connectivity index is 0.000000252. The number of rotatable bonds is 2. The van der Waals surface area contributed by atoms with Crippen LogP contribution in [0.4, 0.5) is 0 Å². The highest BCUT2D eigenvalue weighted by Gasteiger charge is 2.23. The predicted octanol–water partition coefficient (Wildman–Crippen LogP) is 8.00. The van der Waals surface area contributed by atoms with Gasteiger partial charge in [0.15, 0.2) is 0 Å². The molecule has 0 spiro atoms. The molecule has 4 rings (SSSR count). The number of thiol groups is 1. The fourth-order valence-electron chi connectivity index (χ4n) is 3.36. The zero-order chi connectivity index (χ0) is 20.8. The van der Waals surface area contributed by atoms with Gasteiger partial charge in [-0.05, 0) is 67.3 Å². The maximum absolute atomic E-state index is 6.12. The lowest BCUT2D eigenvalue weighted by Gasteiger charge is -2.31. The van der Waals surface area contributed by atoms with E-state index in [0.29, 0.717) is 6.04 Å². The predicted molar refractivity (Wildman–Crippen MR) is 128 cm³/mol. The molecule has 0 amide bonds. The van der Waals surface area contributed by atoms with E-state index in [1.54, 1.807) is 0 Å². The van der Waals surface area contributed by atoms with Crippen LogP contribution in [0.1, 0.15) is 42.1 Å². The summed E-state index contributed by atoms with van der Waals surface area (Å²) in [6.07, 6.45) is 3.30. The topological polar surface area (TPSA) is 12.0 Å². The first kappa shape index (κ1) is 22.0. The summed E-state index contributed by atoms with van der Waals surface area (Å²) >= 11 is 16.3. The first-order valence-electron chi connectivity index (χ1n) is 9.62. The summed E-state index contributed by atoms with van der Waals surface area (Å²) in [6.45, 7) is 4.21. The number of benzene rings is 3. The van der Waals surface area contributed by atoms with E-state index >= 15 is 0 Å². The molecule has 0 radical (unpaired) electrons. The molecule has 1 aliphatic rings. The van der Waals surface area contributed by atoms with Gasteiger partial charge in [-0.15, -0.1) is 12.6 Å². The minimum absolute atomic E-state index is 0.207. The van der Waals surface area contributed by atoms with Crippen molar-refractivity contribution >= 4 is 35.8 Å². The molecule has 29 heavy (non-hydrogen) atoms. The molecule has 2 atom stereocenters. The first-order valence-corrected chi connectivity index (χ1v) is 10.8. The van der Waals surface area contributed by atoms with E-state index in [9.17, 15) is 0 Å².